The molecular formula is C22H26N2O4S. The van der Waals surface area contributed by atoms with Gasteiger partial charge in [0.15, 0.2) is 0 Å². The molecule has 1 aromatic carbocycles. The van der Waals surface area contributed by atoms with Gasteiger partial charge < -0.3 is 19.6 Å². The quantitative estimate of drug-likeness (QED) is 0.407. The first-order valence-corrected chi connectivity index (χ1v) is 10.5. The number of aliphatic hydroxyl groups is 1. The lowest BCUT2D eigenvalue weighted by molar-refractivity contribution is -0.140. The van der Waals surface area contributed by atoms with Gasteiger partial charge in [-0.15, -0.1) is 11.3 Å². The molecule has 2 heterocycles. The third kappa shape index (κ3) is 4.52. The minimum absolute atomic E-state index is 0.129. The van der Waals surface area contributed by atoms with Crippen LogP contribution < -0.4 is 4.74 Å². The second kappa shape index (κ2) is 9.24. The van der Waals surface area contributed by atoms with Crippen molar-refractivity contribution in [2.24, 2.45) is 0 Å². The summed E-state index contributed by atoms with van der Waals surface area (Å²) in [7, 11) is 3.83. The Morgan fingerprint density at radius 2 is 2.03 bits per heavy atom. The fourth-order valence-corrected chi connectivity index (χ4v) is 4.12. The monoisotopic (exact) mass is 414 g/mol. The molecule has 1 amide bonds. The number of rotatable bonds is 8. The van der Waals surface area contributed by atoms with E-state index in [2.05, 4.69) is 0 Å². The van der Waals surface area contributed by atoms with Crippen LogP contribution in [0.4, 0.5) is 0 Å². The summed E-state index contributed by atoms with van der Waals surface area (Å²) in [4.78, 5) is 30.0. The van der Waals surface area contributed by atoms with Crippen molar-refractivity contribution in [2.75, 3.05) is 33.8 Å². The highest BCUT2D eigenvalue weighted by atomic mass is 32.1. The maximum atomic E-state index is 12.9. The Kier molecular flexibility index (Phi) is 6.71. The first-order chi connectivity index (χ1) is 13.9. The summed E-state index contributed by atoms with van der Waals surface area (Å²) >= 11 is 1.46. The van der Waals surface area contributed by atoms with Crippen LogP contribution >= 0.6 is 11.3 Å². The molecule has 1 atom stereocenters. The Hall–Kier alpha value is -2.64. The molecule has 1 fully saturated rings. The van der Waals surface area contributed by atoms with E-state index >= 15 is 0 Å². The number of likely N-dealkylation sites (tertiary alicyclic amines) is 1. The van der Waals surface area contributed by atoms with E-state index in [-0.39, 0.29) is 11.3 Å². The summed E-state index contributed by atoms with van der Waals surface area (Å²) in [5.41, 5.74) is 0.592. The average molecular weight is 415 g/mol. The maximum Gasteiger partial charge on any atom is 0.295 e. The zero-order valence-electron chi connectivity index (χ0n) is 16.9. The van der Waals surface area contributed by atoms with Gasteiger partial charge in [0.1, 0.15) is 11.5 Å². The molecule has 1 unspecified atom stereocenters. The van der Waals surface area contributed by atoms with Crippen LogP contribution in [-0.4, -0.2) is 60.4 Å². The van der Waals surface area contributed by atoms with Gasteiger partial charge in [-0.05, 0) is 44.1 Å². The van der Waals surface area contributed by atoms with Crippen LogP contribution in [0.3, 0.4) is 0 Å². The number of aliphatic hydroxyl groups excluding tert-OH is 1. The van der Waals surface area contributed by atoms with Crippen molar-refractivity contribution >= 4 is 28.8 Å². The van der Waals surface area contributed by atoms with Gasteiger partial charge in [0.25, 0.3) is 11.7 Å². The number of Topliss-reactive ketones (excluding diaryl/α,β-unsaturated/α-hetero) is 1. The molecule has 0 spiro atoms. The van der Waals surface area contributed by atoms with E-state index in [0.29, 0.717) is 31.0 Å². The number of benzene rings is 1. The van der Waals surface area contributed by atoms with Gasteiger partial charge in [0.2, 0.25) is 0 Å². The zero-order valence-corrected chi connectivity index (χ0v) is 17.7. The minimum atomic E-state index is -0.653. The summed E-state index contributed by atoms with van der Waals surface area (Å²) in [5.74, 6) is -0.786. The van der Waals surface area contributed by atoms with Crippen LogP contribution in [0.15, 0.2) is 47.4 Å². The Morgan fingerprint density at radius 3 is 2.69 bits per heavy atom. The SMILES string of the molecule is CCCOc1cccc(/C(O)=C2\C(=O)C(=O)N(CCN(C)C)C2c2cccs2)c1. The first-order valence-electron chi connectivity index (χ1n) is 9.63. The molecule has 0 bridgehead atoms. The van der Waals surface area contributed by atoms with Gasteiger partial charge in [-0.25, -0.2) is 0 Å². The molecule has 2 aromatic rings. The van der Waals surface area contributed by atoms with Gasteiger partial charge in [-0.3, -0.25) is 9.59 Å². The fraction of sp³-hybridized carbons (Fsp3) is 0.364. The lowest BCUT2D eigenvalue weighted by Crippen LogP contribution is -2.35. The van der Waals surface area contributed by atoms with Crippen LogP contribution in [0.2, 0.25) is 0 Å². The van der Waals surface area contributed by atoms with Crippen molar-refractivity contribution in [2.45, 2.75) is 19.4 Å². The van der Waals surface area contributed by atoms with Crippen LogP contribution in [0, 0.1) is 0 Å². The van der Waals surface area contributed by atoms with E-state index in [9.17, 15) is 14.7 Å². The van der Waals surface area contributed by atoms with Gasteiger partial charge in [-0.1, -0.05) is 25.1 Å². The van der Waals surface area contributed by atoms with Crippen molar-refractivity contribution in [3.8, 4) is 5.75 Å². The smallest absolute Gasteiger partial charge is 0.295 e. The molecule has 154 valence electrons. The summed E-state index contributed by atoms with van der Waals surface area (Å²) < 4.78 is 5.64. The number of hydrogen-bond donors (Lipinski definition) is 1. The number of carbonyl (C=O) groups excluding carboxylic acids is 2. The minimum Gasteiger partial charge on any atom is -0.507 e. The Balaban J connectivity index is 2.04. The Bertz CT molecular complexity index is 905. The molecule has 1 aromatic heterocycles. The van der Waals surface area contributed by atoms with E-state index in [0.717, 1.165) is 11.3 Å². The number of amides is 1. The highest BCUT2D eigenvalue weighted by Gasteiger charge is 2.46. The van der Waals surface area contributed by atoms with Crippen molar-refractivity contribution in [1.29, 1.82) is 0 Å². The second-order valence-corrected chi connectivity index (χ2v) is 8.17. The van der Waals surface area contributed by atoms with E-state index < -0.39 is 17.7 Å². The van der Waals surface area contributed by atoms with E-state index in [4.69, 9.17) is 4.74 Å². The normalized spacial score (nSPS) is 18.6. The van der Waals surface area contributed by atoms with E-state index in [1.54, 1.807) is 29.2 Å². The number of hydrogen-bond acceptors (Lipinski definition) is 6. The van der Waals surface area contributed by atoms with Gasteiger partial charge >= 0.3 is 0 Å². The van der Waals surface area contributed by atoms with Crippen molar-refractivity contribution in [3.05, 3.63) is 57.8 Å². The van der Waals surface area contributed by atoms with Crippen LogP contribution in [-0.2, 0) is 9.59 Å². The molecular weight excluding hydrogens is 388 g/mol. The molecule has 0 radical (unpaired) electrons. The Labute approximate surface area is 175 Å². The predicted molar refractivity (Wildman–Crippen MR) is 114 cm³/mol. The average Bonchev–Trinajstić information content (AvgIpc) is 3.32. The van der Waals surface area contributed by atoms with Gasteiger partial charge in [0, 0.05) is 23.5 Å². The molecule has 3 rings (SSSR count). The molecule has 29 heavy (non-hydrogen) atoms. The lowest BCUT2D eigenvalue weighted by atomic mass is 9.99. The number of thiophene rings is 1. The zero-order chi connectivity index (χ0) is 21.0. The number of nitrogens with zero attached hydrogens (tertiary/aromatic N) is 2. The summed E-state index contributed by atoms with van der Waals surface area (Å²) in [6.45, 7) is 3.60. The number of ether oxygens (including phenoxy) is 1. The highest BCUT2D eigenvalue weighted by molar-refractivity contribution is 7.10. The third-order valence-corrected chi connectivity index (χ3v) is 5.65. The molecule has 0 saturated carbocycles. The first kappa shape index (κ1) is 21.1. The van der Waals surface area contributed by atoms with Crippen molar-refractivity contribution in [1.82, 2.24) is 9.80 Å². The summed E-state index contributed by atoms with van der Waals surface area (Å²) in [6, 6.07) is 10.2. The standard InChI is InChI=1S/C22H26N2O4S/c1-4-12-28-16-8-5-7-15(14-16)20(25)18-19(17-9-6-13-29-17)24(11-10-23(2)3)22(27)21(18)26/h5-9,13-14,19,25H,4,10-12H2,1-3H3/b20-18+. The molecule has 6 nitrogen and oxygen atoms in total. The third-order valence-electron chi connectivity index (χ3n) is 4.72. The predicted octanol–water partition coefficient (Wildman–Crippen LogP) is 3.52. The van der Waals surface area contributed by atoms with Crippen LogP contribution in [0.25, 0.3) is 5.76 Å². The molecule has 1 aliphatic rings. The fourth-order valence-electron chi connectivity index (χ4n) is 3.27. The number of likely N-dealkylation sites (N-methyl/N-ethyl adjacent to an activating group) is 1. The Morgan fingerprint density at radius 1 is 1.24 bits per heavy atom. The molecule has 1 saturated heterocycles. The van der Waals surface area contributed by atoms with Crippen LogP contribution in [0.5, 0.6) is 5.75 Å². The molecule has 1 aliphatic heterocycles. The number of ketones is 1. The molecule has 7 heteroatoms. The second-order valence-electron chi connectivity index (χ2n) is 7.19. The van der Waals surface area contributed by atoms with Crippen molar-refractivity contribution < 1.29 is 19.4 Å². The summed E-state index contributed by atoms with van der Waals surface area (Å²) in [6.07, 6.45) is 0.867. The number of carbonyl (C=O) groups is 2. The molecule has 0 aliphatic carbocycles. The van der Waals surface area contributed by atoms with Crippen molar-refractivity contribution in [3.63, 3.8) is 0 Å². The molecule has 1 N–H and O–H groups in total. The van der Waals surface area contributed by atoms with Gasteiger partial charge in [-0.2, -0.15) is 0 Å². The summed E-state index contributed by atoms with van der Waals surface area (Å²) in [5, 5.41) is 12.9. The highest BCUT2D eigenvalue weighted by Crippen LogP contribution is 2.41. The van der Waals surface area contributed by atoms with Crippen LogP contribution in [0.1, 0.15) is 29.8 Å². The maximum absolute atomic E-state index is 12.9. The van der Waals surface area contributed by atoms with E-state index in [1.165, 1.54) is 11.3 Å². The van der Waals surface area contributed by atoms with Gasteiger partial charge in [0.05, 0.1) is 18.2 Å². The van der Waals surface area contributed by atoms with E-state index in [1.807, 2.05) is 43.4 Å². The largest absolute Gasteiger partial charge is 0.507 e. The lowest BCUT2D eigenvalue weighted by Gasteiger charge is -2.25. The topological polar surface area (TPSA) is 70.1 Å².